The lowest BCUT2D eigenvalue weighted by Gasteiger charge is -2.39. The number of nitrogens with one attached hydrogen (secondary N) is 1. The molecule has 2 amide bonds. The standard InChI is InChI=1S/C29H33N3O2/c1-31(22-25-15-9-4-10-16-25)29(34)27(21-24-13-7-3-8-14-24)32-20-19-30-26(28(32)33)18-17-23-11-5-2-6-12-23/h2-16,26-27,30H,17-22H2,1H3/t26-,27+/m1/s1. The van der Waals surface area contributed by atoms with Gasteiger partial charge in [0.15, 0.2) is 0 Å². The van der Waals surface area contributed by atoms with Crippen molar-refractivity contribution in [2.45, 2.75) is 37.9 Å². The Hall–Kier alpha value is -3.44. The molecule has 0 unspecified atom stereocenters. The van der Waals surface area contributed by atoms with Gasteiger partial charge in [0, 0.05) is 33.1 Å². The van der Waals surface area contributed by atoms with Gasteiger partial charge >= 0.3 is 0 Å². The first-order valence-electron chi connectivity index (χ1n) is 12.0. The molecule has 1 aliphatic rings. The molecule has 4 rings (SSSR count). The highest BCUT2D eigenvalue weighted by Crippen LogP contribution is 2.18. The highest BCUT2D eigenvalue weighted by Gasteiger charge is 2.37. The molecule has 2 atom stereocenters. The number of rotatable bonds is 9. The number of aryl methyl sites for hydroxylation is 1. The molecule has 176 valence electrons. The average Bonchev–Trinajstić information content (AvgIpc) is 2.88. The van der Waals surface area contributed by atoms with Crippen LogP contribution in [-0.2, 0) is 29.0 Å². The van der Waals surface area contributed by atoms with Gasteiger partial charge in [-0.15, -0.1) is 0 Å². The summed E-state index contributed by atoms with van der Waals surface area (Å²) in [6.07, 6.45) is 2.05. The minimum Gasteiger partial charge on any atom is -0.340 e. The summed E-state index contributed by atoms with van der Waals surface area (Å²) in [6, 6.07) is 29.4. The van der Waals surface area contributed by atoms with Crippen LogP contribution >= 0.6 is 0 Å². The lowest BCUT2D eigenvalue weighted by Crippen LogP contribution is -2.61. The maximum absolute atomic E-state index is 13.7. The fourth-order valence-corrected chi connectivity index (χ4v) is 4.61. The van der Waals surface area contributed by atoms with Crippen molar-refractivity contribution in [1.82, 2.24) is 15.1 Å². The van der Waals surface area contributed by atoms with Crippen LogP contribution in [0.3, 0.4) is 0 Å². The Morgan fingerprint density at radius 1 is 0.912 bits per heavy atom. The lowest BCUT2D eigenvalue weighted by atomic mass is 9.98. The Kier molecular flexibility index (Phi) is 8.10. The second-order valence-electron chi connectivity index (χ2n) is 8.95. The van der Waals surface area contributed by atoms with Crippen LogP contribution in [0, 0.1) is 0 Å². The van der Waals surface area contributed by atoms with Gasteiger partial charge < -0.3 is 15.1 Å². The molecule has 3 aromatic carbocycles. The van der Waals surface area contributed by atoms with Crippen molar-refractivity contribution >= 4 is 11.8 Å². The largest absolute Gasteiger partial charge is 0.340 e. The summed E-state index contributed by atoms with van der Waals surface area (Å²) in [5.74, 6) is -0.00524. The normalized spacial score (nSPS) is 16.8. The van der Waals surface area contributed by atoms with E-state index in [1.54, 1.807) is 4.90 Å². The zero-order chi connectivity index (χ0) is 23.8. The van der Waals surface area contributed by atoms with Gasteiger partial charge in [0.2, 0.25) is 11.8 Å². The van der Waals surface area contributed by atoms with Gasteiger partial charge in [0.1, 0.15) is 6.04 Å². The van der Waals surface area contributed by atoms with Crippen LogP contribution in [0.1, 0.15) is 23.1 Å². The van der Waals surface area contributed by atoms with Crippen LogP contribution < -0.4 is 5.32 Å². The zero-order valence-corrected chi connectivity index (χ0v) is 19.8. The smallest absolute Gasteiger partial charge is 0.245 e. The van der Waals surface area contributed by atoms with E-state index >= 15 is 0 Å². The van der Waals surface area contributed by atoms with E-state index in [1.165, 1.54) is 5.56 Å². The van der Waals surface area contributed by atoms with Crippen molar-refractivity contribution < 1.29 is 9.59 Å². The molecule has 0 spiro atoms. The van der Waals surface area contributed by atoms with Crippen LogP contribution in [0.25, 0.3) is 0 Å². The topological polar surface area (TPSA) is 52.7 Å². The molecular weight excluding hydrogens is 422 g/mol. The second kappa shape index (κ2) is 11.6. The summed E-state index contributed by atoms with van der Waals surface area (Å²) in [6.45, 7) is 1.73. The first-order valence-corrected chi connectivity index (χ1v) is 12.0. The molecule has 34 heavy (non-hydrogen) atoms. The van der Waals surface area contributed by atoms with Crippen LogP contribution in [0.15, 0.2) is 91.0 Å². The molecule has 1 saturated heterocycles. The summed E-state index contributed by atoms with van der Waals surface area (Å²) in [7, 11) is 1.83. The molecule has 0 bridgehead atoms. The third-order valence-corrected chi connectivity index (χ3v) is 6.46. The van der Waals surface area contributed by atoms with Gasteiger partial charge in [0.25, 0.3) is 0 Å². The minimum atomic E-state index is -0.523. The minimum absolute atomic E-state index is 0.0181. The van der Waals surface area contributed by atoms with Gasteiger partial charge in [-0.1, -0.05) is 91.0 Å². The maximum Gasteiger partial charge on any atom is 0.245 e. The third-order valence-electron chi connectivity index (χ3n) is 6.46. The number of hydrogen-bond donors (Lipinski definition) is 1. The number of carbonyl (C=O) groups is 2. The first-order chi connectivity index (χ1) is 16.6. The van der Waals surface area contributed by atoms with E-state index in [1.807, 2.05) is 90.8 Å². The van der Waals surface area contributed by atoms with Gasteiger partial charge in [-0.2, -0.15) is 0 Å². The molecule has 1 N–H and O–H groups in total. The molecule has 5 heteroatoms. The molecular formula is C29H33N3O2. The average molecular weight is 456 g/mol. The second-order valence-corrected chi connectivity index (χ2v) is 8.95. The van der Waals surface area contributed by atoms with E-state index < -0.39 is 6.04 Å². The highest BCUT2D eigenvalue weighted by molar-refractivity contribution is 5.90. The van der Waals surface area contributed by atoms with Gasteiger partial charge in [-0.05, 0) is 29.5 Å². The van der Waals surface area contributed by atoms with E-state index in [0.717, 1.165) is 17.5 Å². The summed E-state index contributed by atoms with van der Waals surface area (Å²) in [5.41, 5.74) is 3.35. The van der Waals surface area contributed by atoms with E-state index in [9.17, 15) is 9.59 Å². The fraction of sp³-hybridized carbons (Fsp3) is 0.310. The van der Waals surface area contributed by atoms with Crippen molar-refractivity contribution in [2.24, 2.45) is 0 Å². The summed E-state index contributed by atoms with van der Waals surface area (Å²) in [4.78, 5) is 30.8. The zero-order valence-electron chi connectivity index (χ0n) is 19.8. The third kappa shape index (κ3) is 6.12. The fourth-order valence-electron chi connectivity index (χ4n) is 4.61. The van der Waals surface area contributed by atoms with Crippen LogP contribution in [0.2, 0.25) is 0 Å². The monoisotopic (exact) mass is 455 g/mol. The lowest BCUT2D eigenvalue weighted by molar-refractivity contribution is -0.148. The van der Waals surface area contributed by atoms with E-state index in [2.05, 4.69) is 17.4 Å². The predicted octanol–water partition coefficient (Wildman–Crippen LogP) is 3.69. The number of benzene rings is 3. The van der Waals surface area contributed by atoms with Crippen LogP contribution in [0.5, 0.6) is 0 Å². The molecule has 1 heterocycles. The van der Waals surface area contributed by atoms with Crippen LogP contribution in [0.4, 0.5) is 0 Å². The Balaban J connectivity index is 1.51. The molecule has 3 aromatic rings. The molecule has 0 saturated carbocycles. The Morgan fingerprint density at radius 2 is 1.47 bits per heavy atom. The van der Waals surface area contributed by atoms with E-state index in [4.69, 9.17) is 0 Å². The molecule has 0 aliphatic carbocycles. The summed E-state index contributed by atoms with van der Waals surface area (Å²) in [5, 5.41) is 3.38. The Bertz CT molecular complexity index is 1060. The van der Waals surface area contributed by atoms with Crippen molar-refractivity contribution in [3.05, 3.63) is 108 Å². The molecule has 0 radical (unpaired) electrons. The Labute approximate surface area is 202 Å². The van der Waals surface area contributed by atoms with Gasteiger partial charge in [0.05, 0.1) is 6.04 Å². The highest BCUT2D eigenvalue weighted by atomic mass is 16.2. The van der Waals surface area contributed by atoms with E-state index in [-0.39, 0.29) is 17.9 Å². The number of hydrogen-bond acceptors (Lipinski definition) is 3. The molecule has 0 aromatic heterocycles. The molecule has 1 fully saturated rings. The summed E-state index contributed by atoms with van der Waals surface area (Å²) >= 11 is 0. The van der Waals surface area contributed by atoms with Crippen molar-refractivity contribution in [3.63, 3.8) is 0 Å². The van der Waals surface area contributed by atoms with Crippen molar-refractivity contribution in [2.75, 3.05) is 20.1 Å². The SMILES string of the molecule is CN(Cc1ccccc1)C(=O)[C@H](Cc1ccccc1)N1CCN[C@H](CCc2ccccc2)C1=O. The summed E-state index contributed by atoms with van der Waals surface area (Å²) < 4.78 is 0. The van der Waals surface area contributed by atoms with Gasteiger partial charge in [-0.25, -0.2) is 0 Å². The number of nitrogens with zero attached hydrogens (tertiary/aromatic N) is 2. The number of piperazine rings is 1. The van der Waals surface area contributed by atoms with Crippen molar-refractivity contribution in [1.29, 1.82) is 0 Å². The number of likely N-dealkylation sites (N-methyl/N-ethyl adjacent to an activating group) is 1. The maximum atomic E-state index is 13.7. The van der Waals surface area contributed by atoms with E-state index in [0.29, 0.717) is 32.5 Å². The Morgan fingerprint density at radius 3 is 2.09 bits per heavy atom. The van der Waals surface area contributed by atoms with Crippen molar-refractivity contribution in [3.8, 4) is 0 Å². The van der Waals surface area contributed by atoms with Gasteiger partial charge in [-0.3, -0.25) is 9.59 Å². The first kappa shape index (κ1) is 23.7. The molecule has 1 aliphatic heterocycles. The quantitative estimate of drug-likeness (QED) is 0.535. The van der Waals surface area contributed by atoms with Crippen LogP contribution in [-0.4, -0.2) is 53.8 Å². The number of amides is 2. The number of carbonyl (C=O) groups excluding carboxylic acids is 2. The molecule has 5 nitrogen and oxygen atoms in total. The predicted molar refractivity (Wildman–Crippen MR) is 135 cm³/mol.